The van der Waals surface area contributed by atoms with E-state index in [2.05, 4.69) is 4.98 Å². The Morgan fingerprint density at radius 3 is 2.35 bits per heavy atom. The van der Waals surface area contributed by atoms with Gasteiger partial charge in [0, 0.05) is 24.4 Å². The second kappa shape index (κ2) is 7.62. The van der Waals surface area contributed by atoms with E-state index in [1.165, 1.54) is 0 Å². The van der Waals surface area contributed by atoms with Crippen LogP contribution in [-0.4, -0.2) is 16.1 Å². The first-order valence-electron chi connectivity index (χ1n) is 6.10. The first-order chi connectivity index (χ1) is 9.18. The number of nitrogens with two attached hydrogens (primary N) is 1. The predicted octanol–water partition coefficient (Wildman–Crippen LogP) is 2.76. The van der Waals surface area contributed by atoms with Gasteiger partial charge in [0.1, 0.15) is 0 Å². The fraction of sp³-hybridized carbons (Fsp3) is 0.200. The summed E-state index contributed by atoms with van der Waals surface area (Å²) in [7, 11) is 0. The van der Waals surface area contributed by atoms with Gasteiger partial charge in [0.05, 0.1) is 6.42 Å². The molecule has 0 aliphatic rings. The molecule has 2 atom stereocenters. The molecular weight excluding hydrogens is 276 g/mol. The number of aromatic nitrogens is 1. The number of carbonyl (C=O) groups is 1. The molecule has 4 nitrogen and oxygen atoms in total. The van der Waals surface area contributed by atoms with Crippen molar-refractivity contribution >= 4 is 18.4 Å². The van der Waals surface area contributed by atoms with Crippen LogP contribution in [0, 0.1) is 0 Å². The minimum Gasteiger partial charge on any atom is -0.481 e. The van der Waals surface area contributed by atoms with Gasteiger partial charge in [0.25, 0.3) is 0 Å². The van der Waals surface area contributed by atoms with Gasteiger partial charge in [-0.1, -0.05) is 36.4 Å². The monoisotopic (exact) mass is 292 g/mol. The summed E-state index contributed by atoms with van der Waals surface area (Å²) >= 11 is 0. The fourth-order valence-electron chi connectivity index (χ4n) is 2.14. The van der Waals surface area contributed by atoms with Crippen molar-refractivity contribution in [1.29, 1.82) is 0 Å². The standard InChI is InChI=1S/C15H16N2O2.ClH/c16-15(11-5-2-1-3-6-11)13(9-14(18)19)12-7-4-8-17-10-12;/h1-8,10,13,15H,9,16H2,(H,18,19);1H. The summed E-state index contributed by atoms with van der Waals surface area (Å²) < 4.78 is 0. The molecule has 3 N–H and O–H groups in total. The van der Waals surface area contributed by atoms with E-state index in [9.17, 15) is 4.79 Å². The molecule has 0 radical (unpaired) electrons. The smallest absolute Gasteiger partial charge is 0.304 e. The molecule has 1 heterocycles. The van der Waals surface area contributed by atoms with Crippen molar-refractivity contribution in [2.75, 3.05) is 0 Å². The molecule has 0 saturated heterocycles. The lowest BCUT2D eigenvalue weighted by Gasteiger charge is -2.23. The Bertz CT molecular complexity index is 534. The maximum absolute atomic E-state index is 11.0. The average molecular weight is 293 g/mol. The minimum atomic E-state index is -0.861. The van der Waals surface area contributed by atoms with Crippen molar-refractivity contribution in [2.24, 2.45) is 5.73 Å². The van der Waals surface area contributed by atoms with Gasteiger partial charge in [-0.25, -0.2) is 0 Å². The number of rotatable bonds is 5. The third-order valence-electron chi connectivity index (χ3n) is 3.13. The number of hydrogen-bond acceptors (Lipinski definition) is 3. The second-order valence-electron chi connectivity index (χ2n) is 4.43. The molecule has 0 aliphatic carbocycles. The number of carboxylic acids is 1. The van der Waals surface area contributed by atoms with Crippen molar-refractivity contribution in [3.05, 3.63) is 66.0 Å². The van der Waals surface area contributed by atoms with Crippen LogP contribution in [0.2, 0.25) is 0 Å². The van der Waals surface area contributed by atoms with Crippen LogP contribution in [0.1, 0.15) is 29.5 Å². The summed E-state index contributed by atoms with van der Waals surface area (Å²) in [6.07, 6.45) is 3.33. The number of nitrogens with zero attached hydrogens (tertiary/aromatic N) is 1. The van der Waals surface area contributed by atoms with Gasteiger partial charge in [-0.15, -0.1) is 12.4 Å². The maximum atomic E-state index is 11.0. The van der Waals surface area contributed by atoms with E-state index >= 15 is 0 Å². The van der Waals surface area contributed by atoms with Gasteiger partial charge in [-0.05, 0) is 17.2 Å². The first kappa shape index (κ1) is 16.1. The number of carboxylic acid groups (broad SMARTS) is 1. The molecule has 0 aliphatic heterocycles. The van der Waals surface area contributed by atoms with E-state index in [1.54, 1.807) is 18.5 Å². The van der Waals surface area contributed by atoms with Gasteiger partial charge in [-0.3, -0.25) is 9.78 Å². The Morgan fingerprint density at radius 2 is 1.80 bits per heavy atom. The van der Waals surface area contributed by atoms with Crippen molar-refractivity contribution in [3.63, 3.8) is 0 Å². The van der Waals surface area contributed by atoms with E-state index in [0.29, 0.717) is 0 Å². The normalized spacial score (nSPS) is 13.1. The van der Waals surface area contributed by atoms with Crippen LogP contribution in [0.3, 0.4) is 0 Å². The van der Waals surface area contributed by atoms with Crippen molar-refractivity contribution in [1.82, 2.24) is 4.98 Å². The molecule has 0 saturated carbocycles. The fourth-order valence-corrected chi connectivity index (χ4v) is 2.14. The molecule has 1 aromatic carbocycles. The van der Waals surface area contributed by atoms with Gasteiger partial charge < -0.3 is 10.8 Å². The number of benzene rings is 1. The SMILES string of the molecule is Cl.NC(c1ccccc1)C(CC(=O)O)c1cccnc1. The molecule has 2 unspecified atom stereocenters. The highest BCUT2D eigenvalue weighted by molar-refractivity contribution is 5.85. The zero-order chi connectivity index (χ0) is 13.7. The van der Waals surface area contributed by atoms with Crippen LogP contribution in [0.4, 0.5) is 0 Å². The summed E-state index contributed by atoms with van der Waals surface area (Å²) in [5.41, 5.74) is 8.01. The van der Waals surface area contributed by atoms with Crippen LogP contribution in [0.5, 0.6) is 0 Å². The van der Waals surface area contributed by atoms with Crippen molar-refractivity contribution in [2.45, 2.75) is 18.4 Å². The third-order valence-corrected chi connectivity index (χ3v) is 3.13. The molecule has 0 bridgehead atoms. The molecule has 2 aromatic rings. The highest BCUT2D eigenvalue weighted by Crippen LogP contribution is 2.31. The Kier molecular flexibility index (Phi) is 6.15. The van der Waals surface area contributed by atoms with Crippen LogP contribution in [-0.2, 0) is 4.79 Å². The van der Waals surface area contributed by atoms with E-state index < -0.39 is 5.97 Å². The Balaban J connectivity index is 0.00000200. The van der Waals surface area contributed by atoms with Crippen molar-refractivity contribution in [3.8, 4) is 0 Å². The summed E-state index contributed by atoms with van der Waals surface area (Å²) in [6, 6.07) is 12.8. The number of halogens is 1. The maximum Gasteiger partial charge on any atom is 0.304 e. The summed E-state index contributed by atoms with van der Waals surface area (Å²) in [4.78, 5) is 15.1. The zero-order valence-electron chi connectivity index (χ0n) is 10.8. The number of pyridine rings is 1. The van der Waals surface area contributed by atoms with E-state index in [-0.39, 0.29) is 30.8 Å². The van der Waals surface area contributed by atoms with Gasteiger partial charge >= 0.3 is 5.97 Å². The van der Waals surface area contributed by atoms with Crippen LogP contribution in [0.15, 0.2) is 54.9 Å². The molecule has 106 valence electrons. The minimum absolute atomic E-state index is 0. The molecule has 1 aromatic heterocycles. The average Bonchev–Trinajstić information content (AvgIpc) is 2.46. The highest BCUT2D eigenvalue weighted by atomic mass is 35.5. The second-order valence-corrected chi connectivity index (χ2v) is 4.43. The van der Waals surface area contributed by atoms with Gasteiger partial charge in [0.15, 0.2) is 0 Å². The van der Waals surface area contributed by atoms with Crippen LogP contribution < -0.4 is 5.73 Å². The number of aliphatic carboxylic acids is 1. The predicted molar refractivity (Wildman–Crippen MR) is 79.8 cm³/mol. The molecule has 2 rings (SSSR count). The Morgan fingerprint density at radius 1 is 1.15 bits per heavy atom. The topological polar surface area (TPSA) is 76.2 Å². The Labute approximate surface area is 124 Å². The molecule has 0 fully saturated rings. The van der Waals surface area contributed by atoms with E-state index in [4.69, 9.17) is 10.8 Å². The lowest BCUT2D eigenvalue weighted by molar-refractivity contribution is -0.137. The lowest BCUT2D eigenvalue weighted by Crippen LogP contribution is -2.22. The van der Waals surface area contributed by atoms with E-state index in [0.717, 1.165) is 11.1 Å². The first-order valence-corrected chi connectivity index (χ1v) is 6.10. The largest absolute Gasteiger partial charge is 0.481 e. The molecule has 0 spiro atoms. The van der Waals surface area contributed by atoms with Gasteiger partial charge in [-0.2, -0.15) is 0 Å². The molecule has 20 heavy (non-hydrogen) atoms. The van der Waals surface area contributed by atoms with Crippen molar-refractivity contribution < 1.29 is 9.90 Å². The number of hydrogen-bond donors (Lipinski definition) is 2. The third kappa shape index (κ3) is 4.05. The summed E-state index contributed by atoms with van der Waals surface area (Å²) in [5.74, 6) is -1.14. The molecular formula is C15H17ClN2O2. The lowest BCUT2D eigenvalue weighted by atomic mass is 9.86. The Hall–Kier alpha value is -1.91. The van der Waals surface area contributed by atoms with Crippen LogP contribution >= 0.6 is 12.4 Å². The van der Waals surface area contributed by atoms with Gasteiger partial charge in [0.2, 0.25) is 0 Å². The van der Waals surface area contributed by atoms with Crippen LogP contribution in [0.25, 0.3) is 0 Å². The summed E-state index contributed by atoms with van der Waals surface area (Å²) in [6.45, 7) is 0. The van der Waals surface area contributed by atoms with E-state index in [1.807, 2.05) is 36.4 Å². The summed E-state index contributed by atoms with van der Waals surface area (Å²) in [5, 5.41) is 9.07. The highest BCUT2D eigenvalue weighted by Gasteiger charge is 2.24. The molecule has 5 heteroatoms. The quantitative estimate of drug-likeness (QED) is 0.888. The molecule has 0 amide bonds. The zero-order valence-corrected chi connectivity index (χ0v) is 11.7.